The second-order valence-corrected chi connectivity index (χ2v) is 13.5. The van der Waals surface area contributed by atoms with E-state index >= 15 is 0 Å². The van der Waals surface area contributed by atoms with Crippen molar-refractivity contribution < 1.29 is 35.9 Å². The number of carbonyl (C=O) groups excluding carboxylic acids is 2. The zero-order chi connectivity index (χ0) is 29.8. The fourth-order valence-corrected chi connectivity index (χ4v) is 7.33. The van der Waals surface area contributed by atoms with Gasteiger partial charge in [-0.1, -0.05) is 23.2 Å². The number of hydrogen-bond acceptors (Lipinski definition) is 7. The van der Waals surface area contributed by atoms with Crippen LogP contribution in [0.1, 0.15) is 37.8 Å². The smallest absolute Gasteiger partial charge is 0.422 e. The molecule has 15 heteroatoms. The third kappa shape index (κ3) is 5.82. The first-order chi connectivity index (χ1) is 19.2. The van der Waals surface area contributed by atoms with Gasteiger partial charge in [-0.05, 0) is 56.4 Å². The number of carbonyl (C=O) groups is 2. The molecule has 3 aliphatic rings. The molecule has 0 spiro atoms. The number of nitrogens with one attached hydrogen (secondary N) is 1. The Hall–Kier alpha value is -3.08. The maximum atomic E-state index is 13.9. The molecule has 41 heavy (non-hydrogen) atoms. The van der Waals surface area contributed by atoms with Crippen molar-refractivity contribution >= 4 is 44.9 Å². The highest BCUT2D eigenvalue weighted by molar-refractivity contribution is 7.92. The number of benzene rings is 1. The molecular formula is C26H23Cl2F3N4O5S. The highest BCUT2D eigenvalue weighted by Gasteiger charge is 2.59. The summed E-state index contributed by atoms with van der Waals surface area (Å²) in [4.78, 5) is 32.4. The van der Waals surface area contributed by atoms with Crippen LogP contribution in [0.25, 0.3) is 0 Å². The van der Waals surface area contributed by atoms with E-state index in [0.29, 0.717) is 36.4 Å². The molecule has 1 aromatic heterocycles. The van der Waals surface area contributed by atoms with Crippen molar-refractivity contribution in [3.63, 3.8) is 0 Å². The van der Waals surface area contributed by atoms with Gasteiger partial charge in [0.1, 0.15) is 17.3 Å². The summed E-state index contributed by atoms with van der Waals surface area (Å²) in [5.74, 6) is -1.38. The van der Waals surface area contributed by atoms with E-state index in [1.165, 1.54) is 11.1 Å². The fraction of sp³-hybridized carbons (Fsp3) is 0.462. The molecule has 1 saturated heterocycles. The predicted molar refractivity (Wildman–Crippen MR) is 140 cm³/mol. The Morgan fingerprint density at radius 1 is 1.17 bits per heavy atom. The number of rotatable bonds is 8. The minimum Gasteiger partial charge on any atom is -0.484 e. The van der Waals surface area contributed by atoms with Crippen molar-refractivity contribution in [1.82, 2.24) is 15.2 Å². The van der Waals surface area contributed by atoms with Gasteiger partial charge in [0, 0.05) is 18.8 Å². The first kappa shape index (κ1) is 29.4. The van der Waals surface area contributed by atoms with Crippen LogP contribution in [0, 0.1) is 11.3 Å². The third-order valence-electron chi connectivity index (χ3n) is 7.58. The van der Waals surface area contributed by atoms with Crippen molar-refractivity contribution in [2.45, 2.75) is 65.4 Å². The van der Waals surface area contributed by atoms with Gasteiger partial charge in [0.2, 0.25) is 11.8 Å². The topological polar surface area (TPSA) is 129 Å². The molecule has 2 atom stereocenters. The quantitative estimate of drug-likeness (QED) is 0.467. The number of nitriles is 1. The SMILES string of the molecule is N#CC1(NC(=O)C2CC(S(=O)(=O)c3ccc(OCC(F)(F)F)cc3Cl)CN2C(=O)C2(c3ccc(Cl)cn3)CC2)CC1. The molecule has 5 rings (SSSR count). The first-order valence-corrected chi connectivity index (χ1v) is 14.9. The molecule has 2 amide bonds. The highest BCUT2D eigenvalue weighted by Crippen LogP contribution is 2.50. The van der Waals surface area contributed by atoms with E-state index in [0.717, 1.165) is 18.2 Å². The number of pyridine rings is 1. The van der Waals surface area contributed by atoms with E-state index in [2.05, 4.69) is 15.0 Å². The number of nitrogens with zero attached hydrogens (tertiary/aromatic N) is 3. The zero-order valence-electron chi connectivity index (χ0n) is 21.2. The standard InChI is InChI=1S/C26H23Cl2F3N4O5S/c27-15-1-4-21(33-11-15)25(7-8-25)23(37)35-12-17(10-19(35)22(36)34-24(13-32)5-6-24)41(38,39)20-3-2-16(9-18(20)28)40-14-26(29,30)31/h1-4,9,11,17,19H,5-8,10,12,14H2,(H,34,36). The molecule has 1 aliphatic heterocycles. The lowest BCUT2D eigenvalue weighted by atomic mass is 9.99. The zero-order valence-corrected chi connectivity index (χ0v) is 23.6. The summed E-state index contributed by atoms with van der Waals surface area (Å²) in [5.41, 5.74) is -1.64. The van der Waals surface area contributed by atoms with Crippen LogP contribution in [-0.2, 0) is 24.8 Å². The summed E-state index contributed by atoms with van der Waals surface area (Å²) in [6, 6.07) is 7.13. The molecule has 2 heterocycles. The van der Waals surface area contributed by atoms with Gasteiger partial charge in [-0.25, -0.2) is 8.42 Å². The summed E-state index contributed by atoms with van der Waals surface area (Å²) in [6.45, 7) is -1.92. The fourth-order valence-electron chi connectivity index (χ4n) is 4.99. The summed E-state index contributed by atoms with van der Waals surface area (Å²) >= 11 is 12.1. The number of sulfone groups is 1. The second-order valence-electron chi connectivity index (χ2n) is 10.5. The van der Waals surface area contributed by atoms with Crippen molar-refractivity contribution in [1.29, 1.82) is 5.26 Å². The Labute approximate surface area is 243 Å². The van der Waals surface area contributed by atoms with Crippen LogP contribution in [0.5, 0.6) is 5.75 Å². The summed E-state index contributed by atoms with van der Waals surface area (Å²) < 4.78 is 69.6. The molecule has 3 fully saturated rings. The van der Waals surface area contributed by atoms with Crippen molar-refractivity contribution in [3.8, 4) is 11.8 Å². The molecule has 1 N–H and O–H groups in total. The number of aromatic nitrogens is 1. The summed E-state index contributed by atoms with van der Waals surface area (Å²) in [7, 11) is -4.27. The number of hydrogen-bond donors (Lipinski definition) is 1. The van der Waals surface area contributed by atoms with E-state index in [9.17, 15) is 36.4 Å². The first-order valence-electron chi connectivity index (χ1n) is 12.6. The highest BCUT2D eigenvalue weighted by atomic mass is 35.5. The molecule has 0 bridgehead atoms. The number of alkyl halides is 3. The molecule has 9 nitrogen and oxygen atoms in total. The Morgan fingerprint density at radius 2 is 1.88 bits per heavy atom. The maximum absolute atomic E-state index is 13.9. The molecule has 2 saturated carbocycles. The van der Waals surface area contributed by atoms with Gasteiger partial charge >= 0.3 is 6.18 Å². The van der Waals surface area contributed by atoms with Crippen LogP contribution in [0.15, 0.2) is 41.4 Å². The lowest BCUT2D eigenvalue weighted by Crippen LogP contribution is -2.51. The van der Waals surface area contributed by atoms with E-state index in [1.54, 1.807) is 12.1 Å². The largest absolute Gasteiger partial charge is 0.484 e. The third-order valence-corrected chi connectivity index (χ3v) is 10.4. The van der Waals surface area contributed by atoms with E-state index < -0.39 is 56.7 Å². The van der Waals surface area contributed by atoms with Gasteiger partial charge in [-0.15, -0.1) is 0 Å². The maximum Gasteiger partial charge on any atom is 0.422 e. The molecular weight excluding hydrogens is 608 g/mol. The lowest BCUT2D eigenvalue weighted by Gasteiger charge is -2.28. The average molecular weight is 631 g/mol. The van der Waals surface area contributed by atoms with Crippen LogP contribution in [0.2, 0.25) is 10.0 Å². The minimum atomic E-state index is -4.60. The van der Waals surface area contributed by atoms with Gasteiger partial charge in [-0.3, -0.25) is 14.6 Å². The Balaban J connectivity index is 1.43. The molecule has 218 valence electrons. The normalized spacial score (nSPS) is 22.5. The Bertz CT molecular complexity index is 1540. The summed E-state index contributed by atoms with van der Waals surface area (Å²) in [6.07, 6.45) is -1.71. The van der Waals surface area contributed by atoms with Gasteiger partial charge < -0.3 is 15.0 Å². The van der Waals surface area contributed by atoms with Gasteiger partial charge in [0.05, 0.1) is 37.4 Å². The second kappa shape index (κ2) is 10.3. The molecule has 0 radical (unpaired) electrons. The number of ether oxygens (including phenoxy) is 1. The number of halogens is 5. The number of likely N-dealkylation sites (tertiary alicyclic amines) is 1. The van der Waals surface area contributed by atoms with Crippen LogP contribution in [0.3, 0.4) is 0 Å². The van der Waals surface area contributed by atoms with Gasteiger partial charge in [0.25, 0.3) is 0 Å². The average Bonchev–Trinajstić information content (AvgIpc) is 3.83. The molecule has 2 unspecified atom stereocenters. The van der Waals surface area contributed by atoms with Crippen molar-refractivity contribution in [2.24, 2.45) is 0 Å². The van der Waals surface area contributed by atoms with Gasteiger partial charge in [0.15, 0.2) is 16.4 Å². The number of amides is 2. The van der Waals surface area contributed by atoms with E-state index in [4.69, 9.17) is 23.2 Å². The van der Waals surface area contributed by atoms with Crippen LogP contribution in [0.4, 0.5) is 13.2 Å². The minimum absolute atomic E-state index is 0.270. The van der Waals surface area contributed by atoms with Crippen molar-refractivity contribution in [2.75, 3.05) is 13.2 Å². The van der Waals surface area contributed by atoms with E-state index in [1.807, 2.05) is 6.07 Å². The van der Waals surface area contributed by atoms with Crippen molar-refractivity contribution in [3.05, 3.63) is 52.3 Å². The van der Waals surface area contributed by atoms with Crippen LogP contribution in [-0.4, -0.2) is 66.3 Å². The molecule has 2 aromatic rings. The van der Waals surface area contributed by atoms with Crippen LogP contribution < -0.4 is 10.1 Å². The van der Waals surface area contributed by atoms with Crippen LogP contribution >= 0.6 is 23.2 Å². The Morgan fingerprint density at radius 3 is 2.41 bits per heavy atom. The van der Waals surface area contributed by atoms with Gasteiger partial charge in [-0.2, -0.15) is 18.4 Å². The molecule has 2 aliphatic carbocycles. The predicted octanol–water partition coefficient (Wildman–Crippen LogP) is 3.98. The summed E-state index contributed by atoms with van der Waals surface area (Å²) in [5, 5.41) is 10.9. The van der Waals surface area contributed by atoms with E-state index in [-0.39, 0.29) is 28.6 Å². The monoisotopic (exact) mass is 630 g/mol. The molecule has 1 aromatic carbocycles. The lowest BCUT2D eigenvalue weighted by molar-refractivity contribution is -0.153. The Kier molecular flexibility index (Phi) is 7.41.